The fourth-order valence-electron chi connectivity index (χ4n) is 2.28. The van der Waals surface area contributed by atoms with E-state index in [2.05, 4.69) is 10.1 Å². The van der Waals surface area contributed by atoms with Crippen molar-refractivity contribution in [3.05, 3.63) is 11.7 Å². The van der Waals surface area contributed by atoms with E-state index >= 15 is 0 Å². The van der Waals surface area contributed by atoms with Crippen molar-refractivity contribution < 1.29 is 14.4 Å². The number of aliphatic hydroxyl groups excluding tert-OH is 1. The van der Waals surface area contributed by atoms with Gasteiger partial charge in [-0.3, -0.25) is 0 Å². The Kier molecular flexibility index (Phi) is 3.49. The highest BCUT2D eigenvalue weighted by molar-refractivity contribution is 5.04. The molecule has 1 aromatic rings. The fourth-order valence-corrected chi connectivity index (χ4v) is 2.28. The Morgan fingerprint density at radius 3 is 2.82 bits per heavy atom. The van der Waals surface area contributed by atoms with Crippen LogP contribution in [0, 0.1) is 0 Å². The summed E-state index contributed by atoms with van der Waals surface area (Å²) in [6, 6.07) is 0. The second-order valence-electron chi connectivity index (χ2n) is 5.00. The maximum Gasteiger partial charge on any atom is 0.232 e. The van der Waals surface area contributed by atoms with E-state index in [1.807, 2.05) is 20.8 Å². The topological polar surface area (TPSA) is 68.4 Å². The first-order valence-electron chi connectivity index (χ1n) is 6.20. The number of aliphatic hydroxyl groups is 1. The summed E-state index contributed by atoms with van der Waals surface area (Å²) in [5, 5.41) is 13.8. The lowest BCUT2D eigenvalue weighted by molar-refractivity contribution is -0.0221. The molecule has 1 saturated carbocycles. The van der Waals surface area contributed by atoms with Crippen LogP contribution in [0.5, 0.6) is 0 Å². The molecule has 0 aromatic carbocycles. The van der Waals surface area contributed by atoms with Crippen LogP contribution in [0.15, 0.2) is 4.52 Å². The maximum atomic E-state index is 9.80. The van der Waals surface area contributed by atoms with Crippen LogP contribution >= 0.6 is 0 Å². The molecule has 1 fully saturated rings. The molecule has 2 rings (SSSR count). The maximum absolute atomic E-state index is 9.80. The third-order valence-electron chi connectivity index (χ3n) is 3.28. The number of hydrogen-bond acceptors (Lipinski definition) is 5. The summed E-state index contributed by atoms with van der Waals surface area (Å²) in [7, 11) is 0. The predicted octanol–water partition coefficient (Wildman–Crippen LogP) is 1.97. The normalized spacial score (nSPS) is 25.4. The summed E-state index contributed by atoms with van der Waals surface area (Å²) in [5.41, 5.74) is -0.542. The van der Waals surface area contributed by atoms with E-state index in [9.17, 15) is 5.11 Å². The lowest BCUT2D eigenvalue weighted by atomic mass is 10.1. The van der Waals surface area contributed by atoms with Gasteiger partial charge in [0.15, 0.2) is 0 Å². The van der Waals surface area contributed by atoms with Crippen LogP contribution in [0.4, 0.5) is 0 Å². The van der Waals surface area contributed by atoms with Crippen LogP contribution in [0.25, 0.3) is 0 Å². The molecule has 17 heavy (non-hydrogen) atoms. The minimum absolute atomic E-state index is 0.00586. The minimum atomic E-state index is -0.542. The Bertz CT molecular complexity index is 376. The molecule has 1 aliphatic rings. The smallest absolute Gasteiger partial charge is 0.232 e. The van der Waals surface area contributed by atoms with Crippen molar-refractivity contribution in [2.24, 2.45) is 0 Å². The SMILES string of the molecule is CCOC(C)(C)c1noc(C2CCCC2O)n1. The van der Waals surface area contributed by atoms with E-state index in [1.54, 1.807) is 0 Å². The van der Waals surface area contributed by atoms with Crippen molar-refractivity contribution in [3.63, 3.8) is 0 Å². The summed E-state index contributed by atoms with van der Waals surface area (Å²) in [6.45, 7) is 6.36. The van der Waals surface area contributed by atoms with Gasteiger partial charge in [-0.05, 0) is 40.0 Å². The molecule has 5 heteroatoms. The zero-order valence-corrected chi connectivity index (χ0v) is 10.6. The summed E-state index contributed by atoms with van der Waals surface area (Å²) >= 11 is 0. The fraction of sp³-hybridized carbons (Fsp3) is 0.833. The van der Waals surface area contributed by atoms with E-state index in [-0.39, 0.29) is 12.0 Å². The number of aromatic nitrogens is 2. The van der Waals surface area contributed by atoms with Crippen LogP contribution in [-0.2, 0) is 10.3 Å². The Balaban J connectivity index is 2.15. The van der Waals surface area contributed by atoms with Crippen LogP contribution in [0.2, 0.25) is 0 Å². The van der Waals surface area contributed by atoms with Gasteiger partial charge < -0.3 is 14.4 Å². The highest BCUT2D eigenvalue weighted by Crippen LogP contribution is 2.34. The van der Waals surface area contributed by atoms with Crippen molar-refractivity contribution in [2.75, 3.05) is 6.61 Å². The first-order chi connectivity index (χ1) is 8.04. The number of nitrogens with zero attached hydrogens (tertiary/aromatic N) is 2. The molecule has 1 aliphatic carbocycles. The molecule has 2 atom stereocenters. The third kappa shape index (κ3) is 2.50. The van der Waals surface area contributed by atoms with E-state index in [4.69, 9.17) is 9.26 Å². The Labute approximate surface area is 101 Å². The second-order valence-corrected chi connectivity index (χ2v) is 5.00. The number of hydrogen-bond donors (Lipinski definition) is 1. The van der Waals surface area contributed by atoms with Crippen molar-refractivity contribution in [3.8, 4) is 0 Å². The van der Waals surface area contributed by atoms with Gasteiger partial charge in [0.05, 0.1) is 12.0 Å². The van der Waals surface area contributed by atoms with Gasteiger partial charge in [0.25, 0.3) is 0 Å². The Hall–Kier alpha value is -0.940. The molecule has 0 aliphatic heterocycles. The molecule has 0 radical (unpaired) electrons. The number of rotatable bonds is 4. The number of ether oxygens (including phenoxy) is 1. The first-order valence-corrected chi connectivity index (χ1v) is 6.20. The molecule has 5 nitrogen and oxygen atoms in total. The zero-order chi connectivity index (χ0) is 12.5. The van der Waals surface area contributed by atoms with Crippen molar-refractivity contribution in [1.82, 2.24) is 10.1 Å². The third-order valence-corrected chi connectivity index (χ3v) is 3.28. The van der Waals surface area contributed by atoms with E-state index in [0.29, 0.717) is 18.3 Å². The highest BCUT2D eigenvalue weighted by atomic mass is 16.5. The quantitative estimate of drug-likeness (QED) is 0.871. The van der Waals surface area contributed by atoms with Gasteiger partial charge in [-0.1, -0.05) is 5.16 Å². The van der Waals surface area contributed by atoms with E-state index < -0.39 is 5.60 Å². The van der Waals surface area contributed by atoms with E-state index in [1.165, 1.54) is 0 Å². The van der Waals surface area contributed by atoms with Crippen molar-refractivity contribution in [2.45, 2.75) is 57.7 Å². The molecule has 0 bridgehead atoms. The van der Waals surface area contributed by atoms with Gasteiger partial charge in [0, 0.05) is 6.61 Å². The molecule has 1 heterocycles. The largest absolute Gasteiger partial charge is 0.392 e. The molecule has 0 saturated heterocycles. The van der Waals surface area contributed by atoms with Gasteiger partial charge in [-0.15, -0.1) is 0 Å². The van der Waals surface area contributed by atoms with Crippen LogP contribution in [-0.4, -0.2) is 28.0 Å². The van der Waals surface area contributed by atoms with Crippen LogP contribution in [0.3, 0.4) is 0 Å². The van der Waals surface area contributed by atoms with Crippen LogP contribution < -0.4 is 0 Å². The molecule has 1 N–H and O–H groups in total. The molecule has 2 unspecified atom stereocenters. The van der Waals surface area contributed by atoms with Crippen molar-refractivity contribution >= 4 is 0 Å². The predicted molar refractivity (Wildman–Crippen MR) is 61.5 cm³/mol. The second kappa shape index (κ2) is 4.74. The average Bonchev–Trinajstić information content (AvgIpc) is 2.85. The summed E-state index contributed by atoms with van der Waals surface area (Å²) in [6.07, 6.45) is 2.39. The lowest BCUT2D eigenvalue weighted by Gasteiger charge is -2.19. The van der Waals surface area contributed by atoms with Gasteiger partial charge in [0.1, 0.15) is 5.60 Å². The molecule has 0 amide bonds. The van der Waals surface area contributed by atoms with Gasteiger partial charge in [0.2, 0.25) is 11.7 Å². The zero-order valence-electron chi connectivity index (χ0n) is 10.6. The van der Waals surface area contributed by atoms with Crippen molar-refractivity contribution in [1.29, 1.82) is 0 Å². The van der Waals surface area contributed by atoms with E-state index in [0.717, 1.165) is 19.3 Å². The van der Waals surface area contributed by atoms with Crippen LogP contribution in [0.1, 0.15) is 57.7 Å². The minimum Gasteiger partial charge on any atom is -0.392 e. The molecular weight excluding hydrogens is 220 g/mol. The summed E-state index contributed by atoms with van der Waals surface area (Å²) in [4.78, 5) is 4.37. The molecule has 0 spiro atoms. The molecule has 1 aromatic heterocycles. The lowest BCUT2D eigenvalue weighted by Crippen LogP contribution is -2.23. The standard InChI is InChI=1S/C12H20N2O3/c1-4-16-12(2,3)11-13-10(17-14-11)8-6-5-7-9(8)15/h8-9,15H,4-7H2,1-3H3. The Morgan fingerprint density at radius 2 is 2.24 bits per heavy atom. The summed E-state index contributed by atoms with van der Waals surface area (Å²) < 4.78 is 10.8. The summed E-state index contributed by atoms with van der Waals surface area (Å²) in [5.74, 6) is 1.08. The first kappa shape index (κ1) is 12.5. The molecule has 96 valence electrons. The monoisotopic (exact) mass is 240 g/mol. The van der Waals surface area contributed by atoms with Gasteiger partial charge in [-0.2, -0.15) is 4.98 Å². The highest BCUT2D eigenvalue weighted by Gasteiger charge is 2.34. The van der Waals surface area contributed by atoms with Gasteiger partial charge in [-0.25, -0.2) is 0 Å². The Morgan fingerprint density at radius 1 is 1.47 bits per heavy atom. The average molecular weight is 240 g/mol. The van der Waals surface area contributed by atoms with Gasteiger partial charge >= 0.3 is 0 Å². The molecular formula is C12H20N2O3.